The molecule has 0 aliphatic rings. The number of oxazole rings is 1. The molecule has 0 aliphatic heterocycles. The van der Waals surface area contributed by atoms with Crippen LogP contribution >= 0.6 is 0 Å². The van der Waals surface area contributed by atoms with E-state index in [1.165, 1.54) is 5.56 Å². The summed E-state index contributed by atoms with van der Waals surface area (Å²) in [6.45, 7) is 2.78. The molecule has 0 unspecified atom stereocenters. The van der Waals surface area contributed by atoms with E-state index in [0.29, 0.717) is 12.6 Å². The number of nitrogens with one attached hydrogen (secondary N) is 1. The van der Waals surface area contributed by atoms with Crippen LogP contribution in [0.15, 0.2) is 34.9 Å². The quantitative estimate of drug-likeness (QED) is 0.877. The number of hydrogen-bond acceptors (Lipinski definition) is 4. The van der Waals surface area contributed by atoms with Crippen LogP contribution in [0.25, 0.3) is 0 Å². The SMILES string of the molecule is CNCc1coc(N(C)c2ccc(C)cc2)n1. The van der Waals surface area contributed by atoms with Crippen LogP contribution in [-0.4, -0.2) is 19.1 Å². The second kappa shape index (κ2) is 5.01. The highest BCUT2D eigenvalue weighted by molar-refractivity contribution is 5.55. The Morgan fingerprint density at radius 3 is 2.65 bits per heavy atom. The topological polar surface area (TPSA) is 41.3 Å². The van der Waals surface area contributed by atoms with Crippen molar-refractivity contribution in [3.63, 3.8) is 0 Å². The fraction of sp³-hybridized carbons (Fsp3) is 0.308. The third kappa shape index (κ3) is 2.65. The minimum Gasteiger partial charge on any atom is -0.431 e. The van der Waals surface area contributed by atoms with Gasteiger partial charge in [-0.2, -0.15) is 4.98 Å². The lowest BCUT2D eigenvalue weighted by molar-refractivity contribution is 0.559. The van der Waals surface area contributed by atoms with Gasteiger partial charge in [-0.3, -0.25) is 4.90 Å². The first-order valence-corrected chi connectivity index (χ1v) is 5.60. The molecule has 1 heterocycles. The molecule has 0 radical (unpaired) electrons. The van der Waals surface area contributed by atoms with Crippen LogP contribution in [0.5, 0.6) is 0 Å². The first kappa shape index (κ1) is 11.7. The zero-order chi connectivity index (χ0) is 12.3. The number of aryl methyl sites for hydroxylation is 1. The smallest absolute Gasteiger partial charge is 0.301 e. The molecule has 0 amide bonds. The van der Waals surface area contributed by atoms with Crippen LogP contribution in [0, 0.1) is 6.92 Å². The third-order valence-corrected chi connectivity index (χ3v) is 2.61. The van der Waals surface area contributed by atoms with Crippen molar-refractivity contribution in [2.24, 2.45) is 0 Å². The Labute approximate surface area is 101 Å². The average molecular weight is 231 g/mol. The molecule has 90 valence electrons. The summed E-state index contributed by atoms with van der Waals surface area (Å²) in [5.41, 5.74) is 3.21. The molecule has 17 heavy (non-hydrogen) atoms. The summed E-state index contributed by atoms with van der Waals surface area (Å²) in [5.74, 6) is 0. The minimum atomic E-state index is 0.610. The van der Waals surface area contributed by atoms with E-state index in [-0.39, 0.29) is 0 Å². The molecule has 1 aromatic carbocycles. The van der Waals surface area contributed by atoms with Crippen LogP contribution in [0.3, 0.4) is 0 Å². The lowest BCUT2D eigenvalue weighted by atomic mass is 10.2. The molecule has 0 fully saturated rings. The predicted octanol–water partition coefficient (Wildman–Crippen LogP) is 2.47. The van der Waals surface area contributed by atoms with E-state index in [1.807, 2.05) is 19.0 Å². The van der Waals surface area contributed by atoms with Gasteiger partial charge < -0.3 is 9.73 Å². The molecule has 0 saturated heterocycles. The molecular weight excluding hydrogens is 214 g/mol. The Balaban J connectivity index is 2.18. The summed E-state index contributed by atoms with van der Waals surface area (Å²) in [6, 6.07) is 8.86. The first-order valence-electron chi connectivity index (χ1n) is 5.60. The highest BCUT2D eigenvalue weighted by Gasteiger charge is 2.10. The van der Waals surface area contributed by atoms with E-state index in [9.17, 15) is 0 Å². The maximum atomic E-state index is 5.44. The van der Waals surface area contributed by atoms with Crippen molar-refractivity contribution >= 4 is 11.7 Å². The highest BCUT2D eigenvalue weighted by atomic mass is 16.4. The lowest BCUT2D eigenvalue weighted by Gasteiger charge is -2.14. The van der Waals surface area contributed by atoms with E-state index in [0.717, 1.165) is 11.4 Å². The Morgan fingerprint density at radius 2 is 2.00 bits per heavy atom. The Morgan fingerprint density at radius 1 is 1.29 bits per heavy atom. The Kier molecular flexibility index (Phi) is 3.44. The van der Waals surface area contributed by atoms with E-state index in [1.54, 1.807) is 6.26 Å². The Bertz CT molecular complexity index is 476. The second-order valence-electron chi connectivity index (χ2n) is 4.05. The van der Waals surface area contributed by atoms with Gasteiger partial charge in [0.2, 0.25) is 0 Å². The monoisotopic (exact) mass is 231 g/mol. The second-order valence-corrected chi connectivity index (χ2v) is 4.05. The molecule has 4 nitrogen and oxygen atoms in total. The van der Waals surface area contributed by atoms with E-state index < -0.39 is 0 Å². The number of hydrogen-bond donors (Lipinski definition) is 1. The number of benzene rings is 1. The predicted molar refractivity (Wildman–Crippen MR) is 68.5 cm³/mol. The van der Waals surface area contributed by atoms with Gasteiger partial charge in [0.25, 0.3) is 0 Å². The normalized spacial score (nSPS) is 10.5. The summed E-state index contributed by atoms with van der Waals surface area (Å²) in [5, 5.41) is 3.04. The van der Waals surface area contributed by atoms with E-state index >= 15 is 0 Å². The summed E-state index contributed by atoms with van der Waals surface area (Å²) in [7, 11) is 3.83. The maximum Gasteiger partial charge on any atom is 0.301 e. The highest BCUT2D eigenvalue weighted by Crippen LogP contribution is 2.22. The van der Waals surface area contributed by atoms with Crippen LogP contribution in [0.1, 0.15) is 11.3 Å². The third-order valence-electron chi connectivity index (χ3n) is 2.61. The average Bonchev–Trinajstić information content (AvgIpc) is 2.78. The van der Waals surface area contributed by atoms with Crippen molar-refractivity contribution in [2.75, 3.05) is 19.0 Å². The Hall–Kier alpha value is -1.81. The fourth-order valence-corrected chi connectivity index (χ4v) is 1.59. The van der Waals surface area contributed by atoms with Crippen LogP contribution in [0.4, 0.5) is 11.7 Å². The van der Waals surface area contributed by atoms with Gasteiger partial charge in [-0.15, -0.1) is 0 Å². The molecule has 0 aliphatic carbocycles. The molecule has 2 rings (SSSR count). The van der Waals surface area contributed by atoms with Crippen LogP contribution < -0.4 is 10.2 Å². The van der Waals surface area contributed by atoms with E-state index in [4.69, 9.17) is 4.42 Å². The fourth-order valence-electron chi connectivity index (χ4n) is 1.59. The molecule has 0 saturated carbocycles. The molecule has 0 atom stereocenters. The molecule has 1 aromatic heterocycles. The van der Waals surface area contributed by atoms with Gasteiger partial charge in [0.05, 0.1) is 5.69 Å². The number of aromatic nitrogens is 1. The molecule has 0 spiro atoms. The zero-order valence-electron chi connectivity index (χ0n) is 10.4. The lowest BCUT2D eigenvalue weighted by Crippen LogP contribution is -2.10. The molecule has 0 bridgehead atoms. The number of rotatable bonds is 4. The van der Waals surface area contributed by atoms with Crippen molar-refractivity contribution < 1.29 is 4.42 Å². The summed E-state index contributed by atoms with van der Waals surface area (Å²) in [4.78, 5) is 6.32. The van der Waals surface area contributed by atoms with Crippen molar-refractivity contribution in [3.05, 3.63) is 41.8 Å². The first-order chi connectivity index (χ1) is 8.20. The maximum absolute atomic E-state index is 5.44. The van der Waals surface area contributed by atoms with Crippen LogP contribution in [-0.2, 0) is 6.54 Å². The summed E-state index contributed by atoms with van der Waals surface area (Å²) in [6.07, 6.45) is 1.68. The van der Waals surface area contributed by atoms with E-state index in [2.05, 4.69) is 41.5 Å². The molecule has 4 heteroatoms. The van der Waals surface area contributed by atoms with Gasteiger partial charge in [-0.05, 0) is 26.1 Å². The molecule has 2 aromatic rings. The summed E-state index contributed by atoms with van der Waals surface area (Å²) < 4.78 is 5.44. The van der Waals surface area contributed by atoms with Crippen molar-refractivity contribution in [2.45, 2.75) is 13.5 Å². The largest absolute Gasteiger partial charge is 0.431 e. The van der Waals surface area contributed by atoms with Gasteiger partial charge >= 0.3 is 6.01 Å². The summed E-state index contributed by atoms with van der Waals surface area (Å²) >= 11 is 0. The number of nitrogens with zero attached hydrogens (tertiary/aromatic N) is 2. The van der Waals surface area contributed by atoms with Gasteiger partial charge in [-0.25, -0.2) is 0 Å². The van der Waals surface area contributed by atoms with Crippen molar-refractivity contribution in [1.82, 2.24) is 10.3 Å². The van der Waals surface area contributed by atoms with Crippen molar-refractivity contribution in [3.8, 4) is 0 Å². The molecule has 1 N–H and O–H groups in total. The molecular formula is C13H17N3O. The zero-order valence-corrected chi connectivity index (χ0v) is 10.4. The van der Waals surface area contributed by atoms with Gasteiger partial charge in [0.15, 0.2) is 0 Å². The van der Waals surface area contributed by atoms with Crippen molar-refractivity contribution in [1.29, 1.82) is 0 Å². The number of anilines is 2. The van der Waals surface area contributed by atoms with Gasteiger partial charge in [0.1, 0.15) is 6.26 Å². The minimum absolute atomic E-state index is 0.610. The van der Waals surface area contributed by atoms with Gasteiger partial charge in [0, 0.05) is 19.3 Å². The van der Waals surface area contributed by atoms with Crippen LogP contribution in [0.2, 0.25) is 0 Å². The van der Waals surface area contributed by atoms with Gasteiger partial charge in [-0.1, -0.05) is 17.7 Å². The standard InChI is InChI=1S/C13H17N3O/c1-10-4-6-12(7-5-10)16(3)13-15-11(8-14-2)9-17-13/h4-7,9,14H,8H2,1-3H3.